The van der Waals surface area contributed by atoms with Crippen LogP contribution in [0.2, 0.25) is 0 Å². The standard InChI is InChI=1S/C14H12N4/c15-14-17-9-12-8-11(3-4-13(12)18-14)10-2-1-6-16-7-5-10/h1,3-9H,2H2,(H2,15,17,18). The van der Waals surface area contributed by atoms with Crippen LogP contribution in [0.3, 0.4) is 0 Å². The molecule has 1 aromatic heterocycles. The van der Waals surface area contributed by atoms with E-state index in [1.54, 1.807) is 6.20 Å². The summed E-state index contributed by atoms with van der Waals surface area (Å²) in [4.78, 5) is 12.3. The first-order chi connectivity index (χ1) is 8.83. The normalized spacial score (nSPS) is 14.6. The highest BCUT2D eigenvalue weighted by atomic mass is 15.0. The van der Waals surface area contributed by atoms with Gasteiger partial charge in [-0.1, -0.05) is 12.1 Å². The average Bonchev–Trinajstić information content (AvgIpc) is 2.67. The third-order valence-corrected chi connectivity index (χ3v) is 2.86. The highest BCUT2D eigenvalue weighted by Crippen LogP contribution is 2.23. The zero-order valence-electron chi connectivity index (χ0n) is 9.74. The lowest BCUT2D eigenvalue weighted by molar-refractivity contribution is 1.24. The molecule has 0 amide bonds. The zero-order valence-corrected chi connectivity index (χ0v) is 9.74. The molecule has 88 valence electrons. The summed E-state index contributed by atoms with van der Waals surface area (Å²) < 4.78 is 0. The van der Waals surface area contributed by atoms with Gasteiger partial charge < -0.3 is 5.73 Å². The number of nitrogens with zero attached hydrogens (tertiary/aromatic N) is 3. The molecule has 0 atom stereocenters. The van der Waals surface area contributed by atoms with Crippen LogP contribution in [-0.2, 0) is 0 Å². The highest BCUT2D eigenvalue weighted by molar-refractivity contribution is 5.89. The maximum Gasteiger partial charge on any atom is 0.220 e. The third-order valence-electron chi connectivity index (χ3n) is 2.86. The van der Waals surface area contributed by atoms with Crippen molar-refractivity contribution in [3.05, 3.63) is 48.3 Å². The number of nitrogen functional groups attached to an aromatic ring is 1. The molecule has 0 radical (unpaired) electrons. The molecule has 0 saturated carbocycles. The highest BCUT2D eigenvalue weighted by Gasteiger charge is 2.03. The van der Waals surface area contributed by atoms with Crippen molar-refractivity contribution in [3.8, 4) is 0 Å². The lowest BCUT2D eigenvalue weighted by atomic mass is 10.0. The van der Waals surface area contributed by atoms with Gasteiger partial charge >= 0.3 is 0 Å². The van der Waals surface area contributed by atoms with Gasteiger partial charge in [-0.05, 0) is 35.8 Å². The minimum Gasteiger partial charge on any atom is -0.368 e. The molecule has 0 saturated heterocycles. The van der Waals surface area contributed by atoms with Gasteiger partial charge in [0.2, 0.25) is 5.95 Å². The molecule has 2 heterocycles. The SMILES string of the molecule is Nc1ncc2cc(C3=CC=NC=CC3)ccc2n1. The number of benzene rings is 1. The molecule has 1 aliphatic rings. The van der Waals surface area contributed by atoms with Crippen LogP contribution in [0.5, 0.6) is 0 Å². The third kappa shape index (κ3) is 2.00. The summed E-state index contributed by atoms with van der Waals surface area (Å²) in [6.07, 6.45) is 10.3. The van der Waals surface area contributed by atoms with Crippen LogP contribution in [0.4, 0.5) is 5.95 Å². The van der Waals surface area contributed by atoms with Crippen molar-refractivity contribution >= 4 is 28.6 Å². The van der Waals surface area contributed by atoms with Crippen molar-refractivity contribution in [2.75, 3.05) is 5.73 Å². The van der Waals surface area contributed by atoms with Gasteiger partial charge in [0.25, 0.3) is 0 Å². The lowest BCUT2D eigenvalue weighted by Gasteiger charge is -2.05. The molecule has 1 aromatic carbocycles. The molecule has 2 N–H and O–H groups in total. The van der Waals surface area contributed by atoms with Crippen molar-refractivity contribution in [1.82, 2.24) is 9.97 Å². The van der Waals surface area contributed by atoms with E-state index in [1.807, 2.05) is 36.7 Å². The van der Waals surface area contributed by atoms with E-state index in [4.69, 9.17) is 5.73 Å². The van der Waals surface area contributed by atoms with Crippen molar-refractivity contribution < 1.29 is 0 Å². The van der Waals surface area contributed by atoms with Crippen molar-refractivity contribution in [1.29, 1.82) is 0 Å². The van der Waals surface area contributed by atoms with E-state index in [2.05, 4.69) is 21.0 Å². The smallest absolute Gasteiger partial charge is 0.220 e. The second-order valence-corrected chi connectivity index (χ2v) is 4.08. The first kappa shape index (κ1) is 10.7. The molecule has 3 rings (SSSR count). The molecular formula is C14H12N4. The second kappa shape index (κ2) is 4.41. The molecule has 0 bridgehead atoms. The van der Waals surface area contributed by atoms with Gasteiger partial charge in [-0.2, -0.15) is 0 Å². The maximum atomic E-state index is 5.57. The topological polar surface area (TPSA) is 64.2 Å². The van der Waals surface area contributed by atoms with Gasteiger partial charge in [0.15, 0.2) is 0 Å². The van der Waals surface area contributed by atoms with Gasteiger partial charge in [0, 0.05) is 24.0 Å². The van der Waals surface area contributed by atoms with Crippen LogP contribution in [-0.4, -0.2) is 16.2 Å². The Labute approximate surface area is 105 Å². The number of hydrogen-bond acceptors (Lipinski definition) is 4. The van der Waals surface area contributed by atoms with E-state index in [9.17, 15) is 0 Å². The first-order valence-corrected chi connectivity index (χ1v) is 5.73. The second-order valence-electron chi connectivity index (χ2n) is 4.08. The Morgan fingerprint density at radius 3 is 3.11 bits per heavy atom. The van der Waals surface area contributed by atoms with Crippen LogP contribution in [0.1, 0.15) is 12.0 Å². The molecule has 0 unspecified atom stereocenters. The summed E-state index contributed by atoms with van der Waals surface area (Å²) in [5.41, 5.74) is 8.82. The quantitative estimate of drug-likeness (QED) is 0.827. The number of nitrogens with two attached hydrogens (primary N) is 1. The first-order valence-electron chi connectivity index (χ1n) is 5.73. The fourth-order valence-corrected chi connectivity index (χ4v) is 1.95. The summed E-state index contributed by atoms with van der Waals surface area (Å²) in [5, 5.41) is 0.993. The van der Waals surface area contributed by atoms with Crippen LogP contribution < -0.4 is 5.73 Å². The molecular weight excluding hydrogens is 224 g/mol. The summed E-state index contributed by atoms with van der Waals surface area (Å²) in [5.74, 6) is 0.305. The molecule has 4 nitrogen and oxygen atoms in total. The fourth-order valence-electron chi connectivity index (χ4n) is 1.95. The van der Waals surface area contributed by atoms with Gasteiger partial charge in [-0.15, -0.1) is 0 Å². The van der Waals surface area contributed by atoms with Crippen molar-refractivity contribution in [2.45, 2.75) is 6.42 Å². The van der Waals surface area contributed by atoms with Gasteiger partial charge in [-0.25, -0.2) is 9.97 Å². The van der Waals surface area contributed by atoms with E-state index in [0.29, 0.717) is 5.95 Å². The van der Waals surface area contributed by atoms with Crippen LogP contribution >= 0.6 is 0 Å². The predicted molar refractivity (Wildman–Crippen MR) is 74.2 cm³/mol. The molecule has 18 heavy (non-hydrogen) atoms. The Kier molecular flexibility index (Phi) is 2.61. The number of aliphatic imine (C=N–C) groups is 1. The van der Waals surface area contributed by atoms with Crippen LogP contribution in [0.15, 0.2) is 47.7 Å². The van der Waals surface area contributed by atoms with Crippen LogP contribution in [0, 0.1) is 0 Å². The molecule has 2 aromatic rings. The Balaban J connectivity index is 2.08. The molecule has 0 fully saturated rings. The largest absolute Gasteiger partial charge is 0.368 e. The number of allylic oxidation sites excluding steroid dienone is 3. The van der Waals surface area contributed by atoms with Gasteiger partial charge in [0.1, 0.15) is 0 Å². The average molecular weight is 236 g/mol. The summed E-state index contributed by atoms with van der Waals surface area (Å²) >= 11 is 0. The van der Waals surface area contributed by atoms with E-state index >= 15 is 0 Å². The van der Waals surface area contributed by atoms with E-state index in [-0.39, 0.29) is 0 Å². The van der Waals surface area contributed by atoms with Crippen LogP contribution in [0.25, 0.3) is 16.5 Å². The maximum absolute atomic E-state index is 5.57. The lowest BCUT2D eigenvalue weighted by Crippen LogP contribution is -1.94. The minimum atomic E-state index is 0.305. The molecule has 4 heteroatoms. The molecule has 0 spiro atoms. The van der Waals surface area contributed by atoms with E-state index in [0.717, 1.165) is 22.9 Å². The number of fused-ring (bicyclic) bond motifs is 1. The van der Waals surface area contributed by atoms with E-state index in [1.165, 1.54) is 5.57 Å². The predicted octanol–water partition coefficient (Wildman–Crippen LogP) is 2.58. The summed E-state index contributed by atoms with van der Waals surface area (Å²) in [6.45, 7) is 0. The minimum absolute atomic E-state index is 0.305. The Morgan fingerprint density at radius 2 is 2.17 bits per heavy atom. The number of aromatic nitrogens is 2. The summed E-state index contributed by atoms with van der Waals surface area (Å²) in [6, 6.07) is 6.09. The summed E-state index contributed by atoms with van der Waals surface area (Å²) in [7, 11) is 0. The van der Waals surface area contributed by atoms with E-state index < -0.39 is 0 Å². The Hall–Kier alpha value is -2.49. The zero-order chi connectivity index (χ0) is 12.4. The number of anilines is 1. The van der Waals surface area contributed by atoms with Crippen molar-refractivity contribution in [3.63, 3.8) is 0 Å². The fraction of sp³-hybridized carbons (Fsp3) is 0.0714. The monoisotopic (exact) mass is 236 g/mol. The number of rotatable bonds is 1. The van der Waals surface area contributed by atoms with Gasteiger partial charge in [0.05, 0.1) is 5.52 Å². The van der Waals surface area contributed by atoms with Crippen molar-refractivity contribution in [2.24, 2.45) is 4.99 Å². The molecule has 0 aliphatic carbocycles. The Bertz CT molecular complexity index is 683. The van der Waals surface area contributed by atoms with Gasteiger partial charge in [-0.3, -0.25) is 4.99 Å². The number of hydrogen-bond donors (Lipinski definition) is 1. The molecule has 1 aliphatic heterocycles. The Morgan fingerprint density at radius 1 is 1.22 bits per heavy atom.